The summed E-state index contributed by atoms with van der Waals surface area (Å²) in [6.45, 7) is 9.08. The number of aliphatic carboxylic acids is 1. The van der Waals surface area contributed by atoms with Gasteiger partial charge in [-0.25, -0.2) is 9.59 Å². The quantitative estimate of drug-likeness (QED) is 0.0694. The standard InChI is InChI=1S/C31H60O4Si/c1-5-7-9-11-16-20-26-36(27-21-17-12-10-8-6-2,35-31(34)25-24-30(32)33)28-22-18-14-13-15-19-23-29(3)4/h24-25,29H,5-23,26-28H2,1-4H3,(H,32,33)/b25-24-. The Labute approximate surface area is 225 Å². The molecule has 0 bridgehead atoms. The van der Waals surface area contributed by atoms with Crippen molar-refractivity contribution in [3.63, 3.8) is 0 Å². The van der Waals surface area contributed by atoms with Crippen LogP contribution in [0.2, 0.25) is 18.1 Å². The van der Waals surface area contributed by atoms with Gasteiger partial charge in [-0.15, -0.1) is 0 Å². The van der Waals surface area contributed by atoms with Crippen LogP contribution in [0.5, 0.6) is 0 Å². The van der Waals surface area contributed by atoms with Gasteiger partial charge >= 0.3 is 11.9 Å². The molecule has 0 aromatic rings. The van der Waals surface area contributed by atoms with E-state index in [-0.39, 0.29) is 0 Å². The molecule has 0 rings (SSSR count). The van der Waals surface area contributed by atoms with Gasteiger partial charge in [-0.1, -0.05) is 150 Å². The van der Waals surface area contributed by atoms with Crippen LogP contribution in [0.15, 0.2) is 12.2 Å². The van der Waals surface area contributed by atoms with Gasteiger partial charge in [-0.2, -0.15) is 0 Å². The lowest BCUT2D eigenvalue weighted by molar-refractivity contribution is -0.133. The fraction of sp³-hybridized carbons (Fsp3) is 0.871. The van der Waals surface area contributed by atoms with Crippen LogP contribution in [-0.2, 0) is 14.0 Å². The van der Waals surface area contributed by atoms with Crippen molar-refractivity contribution in [2.24, 2.45) is 5.92 Å². The molecule has 0 unspecified atom stereocenters. The van der Waals surface area contributed by atoms with E-state index in [9.17, 15) is 9.59 Å². The zero-order chi connectivity index (χ0) is 26.9. The third-order valence-corrected chi connectivity index (χ3v) is 11.7. The van der Waals surface area contributed by atoms with Gasteiger partial charge in [-0.3, -0.25) is 0 Å². The van der Waals surface area contributed by atoms with E-state index >= 15 is 0 Å². The molecule has 5 heteroatoms. The number of hydrogen-bond donors (Lipinski definition) is 1. The van der Waals surface area contributed by atoms with Crippen LogP contribution in [-0.4, -0.2) is 25.4 Å². The molecule has 0 aromatic heterocycles. The van der Waals surface area contributed by atoms with Crippen LogP contribution in [0.4, 0.5) is 0 Å². The lowest BCUT2D eigenvalue weighted by Crippen LogP contribution is -2.40. The summed E-state index contributed by atoms with van der Waals surface area (Å²) in [5.74, 6) is -0.733. The average Bonchev–Trinajstić information content (AvgIpc) is 2.83. The van der Waals surface area contributed by atoms with Crippen molar-refractivity contribution in [1.82, 2.24) is 0 Å². The van der Waals surface area contributed by atoms with Gasteiger partial charge < -0.3 is 9.53 Å². The Hall–Kier alpha value is -1.10. The van der Waals surface area contributed by atoms with Crippen molar-refractivity contribution < 1.29 is 19.1 Å². The third kappa shape index (κ3) is 22.1. The molecular formula is C31H60O4Si. The zero-order valence-electron chi connectivity index (χ0n) is 24.5. The molecule has 0 aliphatic rings. The van der Waals surface area contributed by atoms with E-state index < -0.39 is 20.3 Å². The first kappa shape index (κ1) is 34.9. The van der Waals surface area contributed by atoms with Crippen molar-refractivity contribution in [3.8, 4) is 0 Å². The topological polar surface area (TPSA) is 63.6 Å². The van der Waals surface area contributed by atoms with Gasteiger partial charge in [0.15, 0.2) is 0 Å². The lowest BCUT2D eigenvalue weighted by Gasteiger charge is -2.31. The summed E-state index contributed by atoms with van der Waals surface area (Å²) in [6.07, 6.45) is 25.9. The van der Waals surface area contributed by atoms with Crippen LogP contribution in [0.3, 0.4) is 0 Å². The molecule has 0 fully saturated rings. The molecule has 36 heavy (non-hydrogen) atoms. The van der Waals surface area contributed by atoms with E-state index in [1.54, 1.807) is 0 Å². The molecule has 0 saturated carbocycles. The average molecular weight is 525 g/mol. The van der Waals surface area contributed by atoms with Gasteiger partial charge in [0.1, 0.15) is 0 Å². The normalized spacial score (nSPS) is 12.0. The predicted octanol–water partition coefficient (Wildman–Crippen LogP) is 10.2. The van der Waals surface area contributed by atoms with E-state index in [4.69, 9.17) is 9.53 Å². The largest absolute Gasteiger partial charge is 0.516 e. The van der Waals surface area contributed by atoms with Crippen LogP contribution in [0.1, 0.15) is 150 Å². The number of carboxylic acids is 1. The van der Waals surface area contributed by atoms with Gasteiger partial charge in [0.25, 0.3) is 8.32 Å². The summed E-state index contributed by atoms with van der Waals surface area (Å²) >= 11 is 0. The van der Waals surface area contributed by atoms with E-state index in [0.29, 0.717) is 0 Å². The second-order valence-electron chi connectivity index (χ2n) is 11.4. The molecule has 0 spiro atoms. The molecule has 212 valence electrons. The number of rotatable bonds is 26. The van der Waals surface area contributed by atoms with Crippen LogP contribution in [0, 0.1) is 5.92 Å². The van der Waals surface area contributed by atoms with Gasteiger partial charge in [0.2, 0.25) is 0 Å². The maximum Gasteiger partial charge on any atom is 0.328 e. The first-order valence-electron chi connectivity index (χ1n) is 15.5. The highest BCUT2D eigenvalue weighted by molar-refractivity contribution is 6.75. The number of carboxylic acid groups (broad SMARTS) is 1. The molecule has 4 nitrogen and oxygen atoms in total. The Morgan fingerprint density at radius 2 is 1.03 bits per heavy atom. The van der Waals surface area contributed by atoms with Gasteiger partial charge in [0, 0.05) is 12.2 Å². The summed E-state index contributed by atoms with van der Waals surface area (Å²) in [5, 5.41) is 8.96. The molecular weight excluding hydrogens is 464 g/mol. The molecule has 0 saturated heterocycles. The minimum atomic E-state index is -2.25. The number of unbranched alkanes of at least 4 members (excludes halogenated alkanes) is 15. The van der Waals surface area contributed by atoms with Gasteiger partial charge in [-0.05, 0) is 24.1 Å². The third-order valence-electron chi connectivity index (χ3n) is 7.31. The Morgan fingerprint density at radius 3 is 1.42 bits per heavy atom. The minimum Gasteiger partial charge on any atom is -0.516 e. The summed E-state index contributed by atoms with van der Waals surface area (Å²) in [6, 6.07) is 3.11. The SMILES string of the molecule is CCCCCCCC[Si](CCCCCCCC)(CCCCCCCCC(C)C)OC(=O)/C=C\C(=O)O. The van der Waals surface area contributed by atoms with Crippen LogP contribution >= 0.6 is 0 Å². The van der Waals surface area contributed by atoms with Crippen molar-refractivity contribution in [2.45, 2.75) is 168 Å². The molecule has 1 N–H and O–H groups in total. The van der Waals surface area contributed by atoms with Crippen LogP contribution < -0.4 is 0 Å². The molecule has 0 amide bonds. The Balaban J connectivity index is 5.02. The second-order valence-corrected chi connectivity index (χ2v) is 15.4. The zero-order valence-corrected chi connectivity index (χ0v) is 25.5. The Morgan fingerprint density at radius 1 is 0.639 bits per heavy atom. The van der Waals surface area contributed by atoms with Crippen molar-refractivity contribution >= 4 is 20.3 Å². The van der Waals surface area contributed by atoms with E-state index in [2.05, 4.69) is 27.7 Å². The van der Waals surface area contributed by atoms with Crippen molar-refractivity contribution in [2.75, 3.05) is 0 Å². The first-order chi connectivity index (χ1) is 17.3. The monoisotopic (exact) mass is 524 g/mol. The summed E-state index contributed by atoms with van der Waals surface area (Å²) in [7, 11) is -2.25. The maximum absolute atomic E-state index is 12.6. The highest BCUT2D eigenvalue weighted by Crippen LogP contribution is 2.31. The molecule has 0 atom stereocenters. The summed E-state index contributed by atoms with van der Waals surface area (Å²) < 4.78 is 6.27. The highest BCUT2D eigenvalue weighted by atomic mass is 28.4. The molecule has 0 aliphatic carbocycles. The smallest absolute Gasteiger partial charge is 0.328 e. The van der Waals surface area contributed by atoms with E-state index in [1.165, 1.54) is 103 Å². The first-order valence-corrected chi connectivity index (χ1v) is 18.0. The Bertz CT molecular complexity index is 543. The number of carbonyl (C=O) groups is 2. The molecule has 0 radical (unpaired) electrons. The maximum atomic E-state index is 12.6. The fourth-order valence-corrected chi connectivity index (χ4v) is 9.31. The fourth-order valence-electron chi connectivity index (χ4n) is 5.08. The summed E-state index contributed by atoms with van der Waals surface area (Å²) in [4.78, 5) is 23.6. The second kappa shape index (κ2) is 24.2. The lowest BCUT2D eigenvalue weighted by atomic mass is 10.0. The molecule has 0 aromatic carbocycles. The van der Waals surface area contributed by atoms with Crippen LogP contribution in [0.25, 0.3) is 0 Å². The summed E-state index contributed by atoms with van der Waals surface area (Å²) in [5.41, 5.74) is 0. The number of carbonyl (C=O) groups excluding carboxylic acids is 1. The number of hydrogen-bond acceptors (Lipinski definition) is 3. The van der Waals surface area contributed by atoms with E-state index in [0.717, 1.165) is 55.5 Å². The van der Waals surface area contributed by atoms with Crippen molar-refractivity contribution in [1.29, 1.82) is 0 Å². The van der Waals surface area contributed by atoms with Crippen molar-refractivity contribution in [3.05, 3.63) is 12.2 Å². The minimum absolute atomic E-state index is 0.435. The predicted molar refractivity (Wildman–Crippen MR) is 157 cm³/mol. The molecule has 0 heterocycles. The molecule has 0 aliphatic heterocycles. The highest BCUT2D eigenvalue weighted by Gasteiger charge is 2.36. The van der Waals surface area contributed by atoms with Gasteiger partial charge in [0.05, 0.1) is 0 Å². The van der Waals surface area contributed by atoms with E-state index in [1.807, 2.05) is 0 Å². The Kier molecular flexibility index (Phi) is 23.5.